The van der Waals surface area contributed by atoms with Crippen LogP contribution >= 0.6 is 23.2 Å². The number of hydrogen-bond donors (Lipinski definition) is 0. The summed E-state index contributed by atoms with van der Waals surface area (Å²) in [5.41, 5.74) is 0.949. The van der Waals surface area contributed by atoms with Crippen molar-refractivity contribution in [2.24, 2.45) is 0 Å². The first-order chi connectivity index (χ1) is 6.69. The van der Waals surface area contributed by atoms with Gasteiger partial charge < -0.3 is 4.90 Å². The van der Waals surface area contributed by atoms with E-state index in [1.165, 1.54) is 0 Å². The first-order valence-electron chi connectivity index (χ1n) is 4.60. The summed E-state index contributed by atoms with van der Waals surface area (Å²) in [5, 5.41) is 0.666. The highest BCUT2D eigenvalue weighted by atomic mass is 35.5. The first-order valence-corrected chi connectivity index (χ1v) is 5.51. The minimum absolute atomic E-state index is 0.449. The third kappa shape index (κ3) is 2.76. The van der Waals surface area contributed by atoms with Crippen LogP contribution in [0, 0.1) is 0 Å². The highest BCUT2D eigenvalue weighted by Gasteiger charge is 2.07. The van der Waals surface area contributed by atoms with Gasteiger partial charge in [-0.25, -0.2) is 4.98 Å². The van der Waals surface area contributed by atoms with E-state index in [0.717, 1.165) is 24.3 Å². The van der Waals surface area contributed by atoms with Crippen LogP contribution in [-0.2, 0) is 5.88 Å². The molecule has 0 aliphatic rings. The van der Waals surface area contributed by atoms with Gasteiger partial charge in [-0.15, -0.1) is 11.6 Å². The van der Waals surface area contributed by atoms with Crippen LogP contribution in [0.4, 0.5) is 5.82 Å². The van der Waals surface area contributed by atoms with Gasteiger partial charge in [0, 0.05) is 25.7 Å². The lowest BCUT2D eigenvalue weighted by molar-refractivity contribution is 0.837. The van der Waals surface area contributed by atoms with E-state index in [0.29, 0.717) is 10.9 Å². The van der Waals surface area contributed by atoms with Crippen molar-refractivity contribution < 1.29 is 0 Å². The Hall–Kier alpha value is -0.470. The lowest BCUT2D eigenvalue weighted by atomic mass is 10.3. The van der Waals surface area contributed by atoms with Crippen molar-refractivity contribution in [3.8, 4) is 0 Å². The quantitative estimate of drug-likeness (QED) is 0.741. The lowest BCUT2D eigenvalue weighted by Crippen LogP contribution is -2.19. The number of rotatable bonds is 4. The van der Waals surface area contributed by atoms with Gasteiger partial charge in [-0.1, -0.05) is 18.5 Å². The Morgan fingerprint density at radius 1 is 1.50 bits per heavy atom. The molecule has 0 saturated heterocycles. The Kier molecular flexibility index (Phi) is 4.49. The number of pyridine rings is 1. The van der Waals surface area contributed by atoms with Crippen LogP contribution in [0.25, 0.3) is 0 Å². The molecule has 0 N–H and O–H groups in total. The molecule has 1 aromatic rings. The summed E-state index contributed by atoms with van der Waals surface area (Å²) in [6.45, 7) is 3.07. The molecule has 0 unspecified atom stereocenters. The van der Waals surface area contributed by atoms with Crippen LogP contribution in [0.5, 0.6) is 0 Å². The zero-order chi connectivity index (χ0) is 10.6. The van der Waals surface area contributed by atoms with Crippen molar-refractivity contribution in [2.75, 3.05) is 18.5 Å². The molecule has 0 amide bonds. The second-order valence-electron chi connectivity index (χ2n) is 3.20. The van der Waals surface area contributed by atoms with Crippen molar-refractivity contribution in [1.29, 1.82) is 0 Å². The highest BCUT2D eigenvalue weighted by Crippen LogP contribution is 2.23. The van der Waals surface area contributed by atoms with E-state index in [1.807, 2.05) is 18.0 Å². The smallest absolute Gasteiger partial charge is 0.147 e. The summed E-state index contributed by atoms with van der Waals surface area (Å²) in [6.07, 6.45) is 2.84. The summed E-state index contributed by atoms with van der Waals surface area (Å²) in [4.78, 5) is 6.32. The third-order valence-electron chi connectivity index (χ3n) is 1.95. The maximum Gasteiger partial charge on any atom is 0.147 e. The van der Waals surface area contributed by atoms with E-state index in [9.17, 15) is 0 Å². The van der Waals surface area contributed by atoms with E-state index < -0.39 is 0 Å². The molecule has 0 radical (unpaired) electrons. The zero-order valence-electron chi connectivity index (χ0n) is 8.43. The molecule has 0 aliphatic carbocycles. The average molecular weight is 233 g/mol. The molecule has 4 heteroatoms. The lowest BCUT2D eigenvalue weighted by Gasteiger charge is -2.18. The molecule has 0 aliphatic heterocycles. The Labute approximate surface area is 94.8 Å². The van der Waals surface area contributed by atoms with E-state index in [2.05, 4.69) is 11.9 Å². The largest absolute Gasteiger partial charge is 0.358 e. The summed E-state index contributed by atoms with van der Waals surface area (Å²) in [5.74, 6) is 1.27. The molecule has 2 nitrogen and oxygen atoms in total. The van der Waals surface area contributed by atoms with E-state index in [4.69, 9.17) is 23.2 Å². The number of alkyl halides is 1. The second kappa shape index (κ2) is 5.42. The van der Waals surface area contributed by atoms with Crippen molar-refractivity contribution in [1.82, 2.24) is 4.98 Å². The van der Waals surface area contributed by atoms with Gasteiger partial charge in [0.05, 0.1) is 5.02 Å². The molecule has 0 spiro atoms. The second-order valence-corrected chi connectivity index (χ2v) is 3.88. The minimum atomic E-state index is 0.449. The fourth-order valence-electron chi connectivity index (χ4n) is 1.27. The predicted molar refractivity (Wildman–Crippen MR) is 62.4 cm³/mol. The normalized spacial score (nSPS) is 10.3. The first kappa shape index (κ1) is 11.6. The van der Waals surface area contributed by atoms with Crippen LogP contribution in [0.1, 0.15) is 18.9 Å². The molecule has 0 saturated carbocycles. The van der Waals surface area contributed by atoms with Crippen LogP contribution in [0.15, 0.2) is 12.3 Å². The SMILES string of the molecule is CCCN(C)c1ncc(CCl)cc1Cl. The monoisotopic (exact) mass is 232 g/mol. The Balaban J connectivity index is 2.88. The molecule has 1 heterocycles. The van der Waals surface area contributed by atoms with Gasteiger partial charge in [0.25, 0.3) is 0 Å². The van der Waals surface area contributed by atoms with Crippen LogP contribution < -0.4 is 4.90 Å². The maximum atomic E-state index is 6.08. The highest BCUT2D eigenvalue weighted by molar-refractivity contribution is 6.33. The predicted octanol–water partition coefficient (Wildman–Crippen LogP) is 3.32. The Morgan fingerprint density at radius 2 is 2.21 bits per heavy atom. The van der Waals surface area contributed by atoms with E-state index >= 15 is 0 Å². The van der Waals surface area contributed by atoms with Crippen molar-refractivity contribution in [2.45, 2.75) is 19.2 Å². The van der Waals surface area contributed by atoms with E-state index in [-0.39, 0.29) is 0 Å². The zero-order valence-corrected chi connectivity index (χ0v) is 9.94. The third-order valence-corrected chi connectivity index (χ3v) is 2.54. The summed E-state index contributed by atoms with van der Waals surface area (Å²) in [6, 6.07) is 1.86. The summed E-state index contributed by atoms with van der Waals surface area (Å²) < 4.78 is 0. The van der Waals surface area contributed by atoms with Crippen LogP contribution in [0.3, 0.4) is 0 Å². The molecule has 0 bridgehead atoms. The van der Waals surface area contributed by atoms with Crippen LogP contribution in [0.2, 0.25) is 5.02 Å². The molecule has 78 valence electrons. The maximum absolute atomic E-state index is 6.08. The van der Waals surface area contributed by atoms with Gasteiger partial charge >= 0.3 is 0 Å². The fraction of sp³-hybridized carbons (Fsp3) is 0.500. The fourth-order valence-corrected chi connectivity index (χ4v) is 1.74. The van der Waals surface area contributed by atoms with Gasteiger partial charge in [0.15, 0.2) is 0 Å². The number of hydrogen-bond acceptors (Lipinski definition) is 2. The number of nitrogens with zero attached hydrogens (tertiary/aromatic N) is 2. The molecular formula is C10H14Cl2N2. The summed E-state index contributed by atoms with van der Waals surface area (Å²) >= 11 is 11.8. The van der Waals surface area contributed by atoms with Gasteiger partial charge in [-0.3, -0.25) is 0 Å². The minimum Gasteiger partial charge on any atom is -0.358 e. The standard InChI is InChI=1S/C10H14Cl2N2/c1-3-4-14(2)10-9(12)5-8(6-11)7-13-10/h5,7H,3-4,6H2,1-2H3. The van der Waals surface area contributed by atoms with Gasteiger partial charge in [0.1, 0.15) is 5.82 Å². The molecule has 14 heavy (non-hydrogen) atoms. The molecule has 0 fully saturated rings. The molecule has 1 rings (SSSR count). The van der Waals surface area contributed by atoms with Gasteiger partial charge in [-0.2, -0.15) is 0 Å². The van der Waals surface area contributed by atoms with Crippen molar-refractivity contribution in [3.05, 3.63) is 22.8 Å². The average Bonchev–Trinajstić information content (AvgIpc) is 2.17. The Bertz CT molecular complexity index is 302. The molecule has 0 aromatic carbocycles. The molecular weight excluding hydrogens is 219 g/mol. The number of halogens is 2. The van der Waals surface area contributed by atoms with E-state index in [1.54, 1.807) is 6.20 Å². The van der Waals surface area contributed by atoms with Gasteiger partial charge in [-0.05, 0) is 18.1 Å². The van der Waals surface area contributed by atoms with Crippen molar-refractivity contribution >= 4 is 29.0 Å². The van der Waals surface area contributed by atoms with Crippen LogP contribution in [-0.4, -0.2) is 18.6 Å². The molecule has 1 aromatic heterocycles. The Morgan fingerprint density at radius 3 is 2.71 bits per heavy atom. The van der Waals surface area contributed by atoms with Gasteiger partial charge in [0.2, 0.25) is 0 Å². The topological polar surface area (TPSA) is 16.1 Å². The van der Waals surface area contributed by atoms with Crippen molar-refractivity contribution in [3.63, 3.8) is 0 Å². The number of aromatic nitrogens is 1. The number of anilines is 1. The molecule has 0 atom stereocenters. The summed E-state index contributed by atoms with van der Waals surface area (Å²) in [7, 11) is 1.98.